The third kappa shape index (κ3) is 3.18. The smallest absolute Gasteiger partial charge is 0.251 e. The fourth-order valence-corrected chi connectivity index (χ4v) is 2.45. The fourth-order valence-electron chi connectivity index (χ4n) is 2.45. The Bertz CT molecular complexity index is 523. The van der Waals surface area contributed by atoms with Crippen LogP contribution in [-0.2, 0) is 11.2 Å². The second kappa shape index (κ2) is 6.07. The van der Waals surface area contributed by atoms with Crippen LogP contribution in [0.25, 0.3) is 0 Å². The molecule has 0 spiro atoms. The van der Waals surface area contributed by atoms with E-state index in [1.165, 1.54) is 0 Å². The SMILES string of the molecule is CC(=O)N1CCc2cc(C(=O)NCCC(C)C)ccc21. The number of carbonyl (C=O) groups is 2. The molecule has 0 fully saturated rings. The summed E-state index contributed by atoms with van der Waals surface area (Å²) in [6, 6.07) is 5.58. The molecule has 4 heteroatoms. The van der Waals surface area contributed by atoms with E-state index in [0.29, 0.717) is 24.6 Å². The number of hydrogen-bond donors (Lipinski definition) is 1. The normalized spacial score (nSPS) is 13.5. The zero-order valence-electron chi connectivity index (χ0n) is 12.4. The summed E-state index contributed by atoms with van der Waals surface area (Å²) >= 11 is 0. The van der Waals surface area contributed by atoms with E-state index >= 15 is 0 Å². The van der Waals surface area contributed by atoms with Crippen molar-refractivity contribution in [1.82, 2.24) is 5.32 Å². The highest BCUT2D eigenvalue weighted by molar-refractivity contribution is 5.97. The van der Waals surface area contributed by atoms with Gasteiger partial charge in [-0.3, -0.25) is 9.59 Å². The summed E-state index contributed by atoms with van der Waals surface area (Å²) in [6.45, 7) is 7.26. The molecular weight excluding hydrogens is 252 g/mol. The Morgan fingerprint density at radius 3 is 2.75 bits per heavy atom. The first-order chi connectivity index (χ1) is 9.49. The first kappa shape index (κ1) is 14.6. The second-order valence-corrected chi connectivity index (χ2v) is 5.70. The molecular formula is C16H22N2O2. The number of hydrogen-bond acceptors (Lipinski definition) is 2. The number of nitrogens with one attached hydrogen (secondary N) is 1. The number of rotatable bonds is 4. The zero-order chi connectivity index (χ0) is 14.7. The molecule has 1 aromatic rings. The maximum absolute atomic E-state index is 12.0. The first-order valence-electron chi connectivity index (χ1n) is 7.18. The number of benzene rings is 1. The van der Waals surface area contributed by atoms with E-state index in [2.05, 4.69) is 19.2 Å². The van der Waals surface area contributed by atoms with Gasteiger partial charge in [0, 0.05) is 31.3 Å². The number of fused-ring (bicyclic) bond motifs is 1. The lowest BCUT2D eigenvalue weighted by Crippen LogP contribution is -2.26. The van der Waals surface area contributed by atoms with E-state index in [-0.39, 0.29) is 11.8 Å². The molecule has 20 heavy (non-hydrogen) atoms. The summed E-state index contributed by atoms with van der Waals surface area (Å²) in [5.41, 5.74) is 2.70. The first-order valence-corrected chi connectivity index (χ1v) is 7.18. The van der Waals surface area contributed by atoms with Crippen molar-refractivity contribution in [2.24, 2.45) is 5.92 Å². The zero-order valence-corrected chi connectivity index (χ0v) is 12.4. The van der Waals surface area contributed by atoms with Crippen LogP contribution in [0, 0.1) is 5.92 Å². The molecule has 1 aliphatic rings. The van der Waals surface area contributed by atoms with E-state index < -0.39 is 0 Å². The van der Waals surface area contributed by atoms with Crippen LogP contribution in [0.1, 0.15) is 43.1 Å². The maximum atomic E-state index is 12.0. The van der Waals surface area contributed by atoms with E-state index in [4.69, 9.17) is 0 Å². The van der Waals surface area contributed by atoms with Gasteiger partial charge in [0.25, 0.3) is 5.91 Å². The molecule has 0 aliphatic carbocycles. The van der Waals surface area contributed by atoms with Crippen LogP contribution in [0.5, 0.6) is 0 Å². The van der Waals surface area contributed by atoms with E-state index in [1.807, 2.05) is 12.1 Å². The van der Waals surface area contributed by atoms with Crippen molar-refractivity contribution >= 4 is 17.5 Å². The van der Waals surface area contributed by atoms with Gasteiger partial charge in [-0.05, 0) is 42.5 Å². The molecule has 108 valence electrons. The highest BCUT2D eigenvalue weighted by Crippen LogP contribution is 2.28. The second-order valence-electron chi connectivity index (χ2n) is 5.70. The van der Waals surface area contributed by atoms with Crippen LogP contribution in [0.4, 0.5) is 5.69 Å². The summed E-state index contributed by atoms with van der Waals surface area (Å²) < 4.78 is 0. The predicted molar refractivity (Wildman–Crippen MR) is 80.0 cm³/mol. The summed E-state index contributed by atoms with van der Waals surface area (Å²) in [6.07, 6.45) is 1.80. The molecule has 2 rings (SSSR count). The van der Waals surface area contributed by atoms with Gasteiger partial charge in [-0.1, -0.05) is 13.8 Å². The molecule has 0 unspecified atom stereocenters. The molecule has 1 aliphatic heterocycles. The lowest BCUT2D eigenvalue weighted by Gasteiger charge is -2.14. The van der Waals surface area contributed by atoms with Crippen LogP contribution >= 0.6 is 0 Å². The van der Waals surface area contributed by atoms with Gasteiger partial charge in [-0.15, -0.1) is 0 Å². The van der Waals surface area contributed by atoms with Crippen molar-refractivity contribution in [2.75, 3.05) is 18.0 Å². The monoisotopic (exact) mass is 274 g/mol. The highest BCUT2D eigenvalue weighted by atomic mass is 16.2. The van der Waals surface area contributed by atoms with Crippen LogP contribution in [0.15, 0.2) is 18.2 Å². The molecule has 4 nitrogen and oxygen atoms in total. The van der Waals surface area contributed by atoms with Crippen molar-refractivity contribution in [3.63, 3.8) is 0 Å². The van der Waals surface area contributed by atoms with Gasteiger partial charge in [0.15, 0.2) is 0 Å². The number of carbonyl (C=O) groups excluding carboxylic acids is 2. The van der Waals surface area contributed by atoms with Crippen LogP contribution in [-0.4, -0.2) is 24.9 Å². The Balaban J connectivity index is 2.05. The Morgan fingerprint density at radius 2 is 2.10 bits per heavy atom. The highest BCUT2D eigenvalue weighted by Gasteiger charge is 2.22. The molecule has 1 aromatic carbocycles. The molecule has 2 amide bonds. The van der Waals surface area contributed by atoms with Crippen molar-refractivity contribution in [2.45, 2.75) is 33.6 Å². The molecule has 0 saturated heterocycles. The summed E-state index contributed by atoms with van der Waals surface area (Å²) in [7, 11) is 0. The predicted octanol–water partition coefficient (Wildman–Crippen LogP) is 2.37. The van der Waals surface area contributed by atoms with Crippen molar-refractivity contribution < 1.29 is 9.59 Å². The lowest BCUT2D eigenvalue weighted by atomic mass is 10.1. The van der Waals surface area contributed by atoms with E-state index in [0.717, 1.165) is 24.1 Å². The van der Waals surface area contributed by atoms with Gasteiger partial charge in [0.05, 0.1) is 0 Å². The van der Waals surface area contributed by atoms with Gasteiger partial charge in [0.1, 0.15) is 0 Å². The molecule has 1 heterocycles. The molecule has 0 saturated carbocycles. The molecule has 0 bridgehead atoms. The van der Waals surface area contributed by atoms with Gasteiger partial charge in [-0.25, -0.2) is 0 Å². The Kier molecular flexibility index (Phi) is 4.42. The van der Waals surface area contributed by atoms with Gasteiger partial charge >= 0.3 is 0 Å². The quantitative estimate of drug-likeness (QED) is 0.916. The third-order valence-electron chi connectivity index (χ3n) is 3.62. The van der Waals surface area contributed by atoms with E-state index in [1.54, 1.807) is 17.9 Å². The Morgan fingerprint density at radius 1 is 1.35 bits per heavy atom. The van der Waals surface area contributed by atoms with Crippen molar-refractivity contribution in [3.8, 4) is 0 Å². The van der Waals surface area contributed by atoms with Crippen LogP contribution in [0.2, 0.25) is 0 Å². The van der Waals surface area contributed by atoms with Gasteiger partial charge < -0.3 is 10.2 Å². The number of amides is 2. The molecule has 0 aromatic heterocycles. The molecule has 0 radical (unpaired) electrons. The van der Waals surface area contributed by atoms with Gasteiger partial charge in [-0.2, -0.15) is 0 Å². The van der Waals surface area contributed by atoms with Crippen molar-refractivity contribution in [1.29, 1.82) is 0 Å². The minimum Gasteiger partial charge on any atom is -0.352 e. The van der Waals surface area contributed by atoms with Crippen LogP contribution < -0.4 is 10.2 Å². The van der Waals surface area contributed by atoms with Crippen LogP contribution in [0.3, 0.4) is 0 Å². The minimum absolute atomic E-state index is 0.0327. The molecule has 1 N–H and O–H groups in total. The standard InChI is InChI=1S/C16H22N2O2/c1-11(2)6-8-17-16(20)14-4-5-15-13(10-14)7-9-18(15)12(3)19/h4-5,10-11H,6-9H2,1-3H3,(H,17,20). The average Bonchev–Trinajstić information content (AvgIpc) is 2.80. The van der Waals surface area contributed by atoms with Gasteiger partial charge in [0.2, 0.25) is 5.91 Å². The fraction of sp³-hybridized carbons (Fsp3) is 0.500. The Labute approximate surface area is 120 Å². The largest absolute Gasteiger partial charge is 0.352 e. The molecule has 0 atom stereocenters. The topological polar surface area (TPSA) is 49.4 Å². The lowest BCUT2D eigenvalue weighted by molar-refractivity contribution is -0.116. The maximum Gasteiger partial charge on any atom is 0.251 e. The minimum atomic E-state index is -0.0327. The number of anilines is 1. The van der Waals surface area contributed by atoms with Crippen molar-refractivity contribution in [3.05, 3.63) is 29.3 Å². The summed E-state index contributed by atoms with van der Waals surface area (Å²) in [5, 5.41) is 2.94. The third-order valence-corrected chi connectivity index (χ3v) is 3.62. The summed E-state index contributed by atoms with van der Waals surface area (Å²) in [4.78, 5) is 25.3. The van der Waals surface area contributed by atoms with E-state index in [9.17, 15) is 9.59 Å². The summed E-state index contributed by atoms with van der Waals surface area (Å²) in [5.74, 6) is 0.604. The Hall–Kier alpha value is -1.84. The number of nitrogens with zero attached hydrogens (tertiary/aromatic N) is 1. The average molecular weight is 274 g/mol.